The summed E-state index contributed by atoms with van der Waals surface area (Å²) in [6.45, 7) is 1.48. The summed E-state index contributed by atoms with van der Waals surface area (Å²) in [5, 5.41) is 14.4. The van der Waals surface area contributed by atoms with Crippen LogP contribution in [0.1, 0.15) is 5.56 Å². The highest BCUT2D eigenvalue weighted by atomic mass is 32.2. The molecule has 0 aliphatic rings. The van der Waals surface area contributed by atoms with E-state index in [0.717, 1.165) is 0 Å². The Bertz CT molecular complexity index is 774. The fourth-order valence-corrected chi connectivity index (χ4v) is 3.48. The Morgan fingerprint density at radius 1 is 1.41 bits per heavy atom. The molecule has 0 saturated carbocycles. The zero-order valence-electron chi connectivity index (χ0n) is 14.4. The summed E-state index contributed by atoms with van der Waals surface area (Å²) in [6.07, 6.45) is 1.71. The number of nitrogens with one attached hydrogen (secondary N) is 2. The molecule has 1 aromatic carbocycles. The Labute approximate surface area is 163 Å². The zero-order chi connectivity index (χ0) is 19.6. The van der Waals surface area contributed by atoms with E-state index < -0.39 is 6.61 Å². The van der Waals surface area contributed by atoms with Crippen molar-refractivity contribution in [2.75, 3.05) is 24.7 Å². The molecule has 7 nitrogen and oxygen atoms in total. The quantitative estimate of drug-likeness (QED) is 0.430. The van der Waals surface area contributed by atoms with E-state index in [4.69, 9.17) is 4.74 Å². The first-order valence-electron chi connectivity index (χ1n) is 7.71. The lowest BCUT2D eigenvalue weighted by atomic mass is 10.2. The number of nitrogens with zero attached hydrogens (tertiary/aromatic N) is 2. The standard InChI is InChI=1S/C16H18F2N4O3S2/c1-3-6-19-15-21-22-16(27-15)26-9-13(23)20-8-10-4-5-11(25-14(17)18)12(7-10)24-2/h3-5,7,14H,1,6,8-9H2,2H3,(H,19,21)(H,20,23). The van der Waals surface area contributed by atoms with E-state index in [1.54, 1.807) is 12.1 Å². The molecular formula is C16H18F2N4O3S2. The fraction of sp³-hybridized carbons (Fsp3) is 0.312. The molecule has 2 aromatic rings. The van der Waals surface area contributed by atoms with Crippen molar-refractivity contribution in [3.8, 4) is 11.5 Å². The summed E-state index contributed by atoms with van der Waals surface area (Å²) in [7, 11) is 1.35. The predicted molar refractivity (Wildman–Crippen MR) is 101 cm³/mol. The molecule has 0 aliphatic carbocycles. The maximum atomic E-state index is 12.3. The van der Waals surface area contributed by atoms with Gasteiger partial charge in [0, 0.05) is 13.1 Å². The van der Waals surface area contributed by atoms with Crippen LogP contribution in [-0.4, -0.2) is 42.1 Å². The summed E-state index contributed by atoms with van der Waals surface area (Å²) >= 11 is 2.62. The SMILES string of the molecule is C=CCNc1nnc(SCC(=O)NCc2ccc(OC(F)F)c(OC)c2)s1. The number of hydrogen-bond acceptors (Lipinski definition) is 8. The molecule has 0 unspecified atom stereocenters. The lowest BCUT2D eigenvalue weighted by Crippen LogP contribution is -2.24. The van der Waals surface area contributed by atoms with E-state index in [0.29, 0.717) is 21.6 Å². The number of aromatic nitrogens is 2. The van der Waals surface area contributed by atoms with Crippen LogP contribution in [0.25, 0.3) is 0 Å². The molecule has 0 aliphatic heterocycles. The molecule has 27 heavy (non-hydrogen) atoms. The molecule has 1 amide bonds. The molecule has 2 N–H and O–H groups in total. The lowest BCUT2D eigenvalue weighted by molar-refractivity contribution is -0.118. The van der Waals surface area contributed by atoms with Gasteiger partial charge in [-0.25, -0.2) is 0 Å². The first-order valence-corrected chi connectivity index (χ1v) is 9.51. The molecule has 11 heteroatoms. The van der Waals surface area contributed by atoms with Crippen molar-refractivity contribution in [1.82, 2.24) is 15.5 Å². The predicted octanol–water partition coefficient (Wildman–Crippen LogP) is 3.15. The summed E-state index contributed by atoms with van der Waals surface area (Å²) in [4.78, 5) is 12.0. The average molecular weight is 416 g/mol. The summed E-state index contributed by atoms with van der Waals surface area (Å²) in [5.74, 6) is 0.0996. The number of alkyl halides is 2. The summed E-state index contributed by atoms with van der Waals surface area (Å²) < 4.78 is 34.7. The van der Waals surface area contributed by atoms with Crippen molar-refractivity contribution in [3.63, 3.8) is 0 Å². The monoisotopic (exact) mass is 416 g/mol. The smallest absolute Gasteiger partial charge is 0.387 e. The van der Waals surface area contributed by atoms with Gasteiger partial charge in [-0.1, -0.05) is 35.2 Å². The lowest BCUT2D eigenvalue weighted by Gasteiger charge is -2.11. The molecular weight excluding hydrogens is 398 g/mol. The van der Waals surface area contributed by atoms with Gasteiger partial charge in [0.1, 0.15) is 0 Å². The number of ether oxygens (including phenoxy) is 2. The summed E-state index contributed by atoms with van der Waals surface area (Å²) in [5.41, 5.74) is 0.693. The molecule has 2 rings (SSSR count). The van der Waals surface area contributed by atoms with Gasteiger partial charge in [0.2, 0.25) is 11.0 Å². The topological polar surface area (TPSA) is 85.4 Å². The van der Waals surface area contributed by atoms with E-state index >= 15 is 0 Å². The van der Waals surface area contributed by atoms with Crippen molar-refractivity contribution < 1.29 is 23.0 Å². The second-order valence-electron chi connectivity index (χ2n) is 4.97. The first-order chi connectivity index (χ1) is 13.0. The minimum absolute atomic E-state index is 0.0599. The van der Waals surface area contributed by atoms with E-state index in [-0.39, 0.29) is 29.7 Å². The number of carbonyl (C=O) groups excluding carboxylic acids is 1. The van der Waals surface area contributed by atoms with E-state index in [1.807, 2.05) is 0 Å². The van der Waals surface area contributed by atoms with Crippen LogP contribution in [0, 0.1) is 0 Å². The maximum absolute atomic E-state index is 12.3. The van der Waals surface area contributed by atoms with Crippen molar-refractivity contribution in [1.29, 1.82) is 0 Å². The largest absolute Gasteiger partial charge is 0.493 e. The van der Waals surface area contributed by atoms with Gasteiger partial charge in [-0.2, -0.15) is 8.78 Å². The molecule has 1 aromatic heterocycles. The molecule has 146 valence electrons. The highest BCUT2D eigenvalue weighted by Crippen LogP contribution is 2.29. The Hall–Kier alpha value is -2.40. The van der Waals surface area contributed by atoms with Crippen molar-refractivity contribution in [2.24, 2.45) is 0 Å². The van der Waals surface area contributed by atoms with Gasteiger partial charge < -0.3 is 20.1 Å². The van der Waals surface area contributed by atoms with E-state index in [1.165, 1.54) is 42.3 Å². The minimum atomic E-state index is -2.94. The number of thioether (sulfide) groups is 1. The maximum Gasteiger partial charge on any atom is 0.387 e. The van der Waals surface area contributed by atoms with Gasteiger partial charge in [0.15, 0.2) is 15.8 Å². The highest BCUT2D eigenvalue weighted by Gasteiger charge is 2.12. The number of halogens is 2. The number of benzene rings is 1. The highest BCUT2D eigenvalue weighted by molar-refractivity contribution is 8.01. The van der Waals surface area contributed by atoms with Gasteiger partial charge in [-0.15, -0.1) is 16.8 Å². The number of rotatable bonds is 11. The third-order valence-electron chi connectivity index (χ3n) is 3.06. The molecule has 0 radical (unpaired) electrons. The van der Waals surface area contributed by atoms with Crippen LogP contribution in [-0.2, 0) is 11.3 Å². The van der Waals surface area contributed by atoms with Crippen LogP contribution in [0.3, 0.4) is 0 Å². The Morgan fingerprint density at radius 3 is 2.93 bits per heavy atom. The Kier molecular flexibility index (Phi) is 8.27. The first kappa shape index (κ1) is 20.9. The zero-order valence-corrected chi connectivity index (χ0v) is 16.0. The third kappa shape index (κ3) is 7.02. The average Bonchev–Trinajstić information content (AvgIpc) is 3.11. The van der Waals surface area contributed by atoms with Crippen LogP contribution in [0.2, 0.25) is 0 Å². The molecule has 0 saturated heterocycles. The number of amides is 1. The molecule has 0 fully saturated rings. The van der Waals surface area contributed by atoms with Gasteiger partial charge in [-0.05, 0) is 17.7 Å². The number of hydrogen-bond donors (Lipinski definition) is 2. The molecule has 0 bridgehead atoms. The summed E-state index contributed by atoms with van der Waals surface area (Å²) in [6, 6.07) is 4.49. The normalized spacial score (nSPS) is 10.5. The number of anilines is 1. The second-order valence-corrected chi connectivity index (χ2v) is 7.17. The van der Waals surface area contributed by atoms with Crippen LogP contribution in [0.4, 0.5) is 13.9 Å². The van der Waals surface area contributed by atoms with Crippen LogP contribution in [0.15, 0.2) is 35.2 Å². The third-order valence-corrected chi connectivity index (χ3v) is 5.08. The van der Waals surface area contributed by atoms with Crippen LogP contribution < -0.4 is 20.1 Å². The minimum Gasteiger partial charge on any atom is -0.493 e. The van der Waals surface area contributed by atoms with Gasteiger partial charge in [0.05, 0.1) is 12.9 Å². The van der Waals surface area contributed by atoms with Gasteiger partial charge in [0.25, 0.3) is 0 Å². The fourth-order valence-electron chi connectivity index (χ4n) is 1.89. The second kappa shape index (κ2) is 10.7. The van der Waals surface area contributed by atoms with Crippen LogP contribution in [0.5, 0.6) is 11.5 Å². The van der Waals surface area contributed by atoms with Crippen LogP contribution >= 0.6 is 23.1 Å². The Morgan fingerprint density at radius 2 is 2.22 bits per heavy atom. The van der Waals surface area contributed by atoms with E-state index in [9.17, 15) is 13.6 Å². The van der Waals surface area contributed by atoms with Crippen molar-refractivity contribution in [3.05, 3.63) is 36.4 Å². The van der Waals surface area contributed by atoms with Gasteiger partial charge in [-0.3, -0.25) is 4.79 Å². The van der Waals surface area contributed by atoms with Gasteiger partial charge >= 0.3 is 6.61 Å². The molecule has 0 spiro atoms. The van der Waals surface area contributed by atoms with Crippen molar-refractivity contribution in [2.45, 2.75) is 17.5 Å². The number of carbonyl (C=O) groups is 1. The number of methoxy groups -OCH3 is 1. The molecule has 0 atom stereocenters. The van der Waals surface area contributed by atoms with E-state index in [2.05, 4.69) is 32.1 Å². The molecule has 1 heterocycles. The Balaban J connectivity index is 1.81. The van der Waals surface area contributed by atoms with Crippen molar-refractivity contribution >= 4 is 34.1 Å².